The largest absolute Gasteiger partial charge is 0.299 e. The molecule has 0 unspecified atom stereocenters. The Balaban J connectivity index is 2.70. The number of unbranched alkanes of at least 4 members (excludes halogenated alkanes) is 1. The number of rotatable bonds is 6. The number of carbonyl (C=O) groups is 2. The second-order valence-electron chi connectivity index (χ2n) is 4.49. The zero-order valence-electron chi connectivity index (χ0n) is 10.9. The minimum atomic E-state index is -0.0488. The number of carbonyl (C=O) groups excluding carboxylic acids is 2. The van der Waals surface area contributed by atoms with E-state index in [2.05, 4.69) is 0 Å². The summed E-state index contributed by atoms with van der Waals surface area (Å²) in [4.78, 5) is 23.5. The van der Waals surface area contributed by atoms with E-state index in [-0.39, 0.29) is 18.0 Å². The van der Waals surface area contributed by atoms with E-state index in [4.69, 9.17) is 0 Å². The maximum absolute atomic E-state index is 12.0. The summed E-state index contributed by atoms with van der Waals surface area (Å²) >= 11 is 0. The first-order valence-electron chi connectivity index (χ1n) is 6.17. The van der Waals surface area contributed by atoms with Crippen LogP contribution in [0.15, 0.2) is 18.2 Å². The molecule has 0 N–H and O–H groups in total. The Kier molecular flexibility index (Phi) is 5.08. The lowest BCUT2D eigenvalue weighted by Gasteiger charge is -2.07. The third-order valence-electron chi connectivity index (χ3n) is 3.07. The van der Waals surface area contributed by atoms with Crippen LogP contribution in [0.4, 0.5) is 0 Å². The highest BCUT2D eigenvalue weighted by Crippen LogP contribution is 2.15. The van der Waals surface area contributed by atoms with Crippen LogP contribution in [0.5, 0.6) is 0 Å². The summed E-state index contributed by atoms with van der Waals surface area (Å²) in [7, 11) is 0. The Hall–Kier alpha value is -1.44. The predicted octanol–water partition coefficient (Wildman–Crippen LogP) is 3.64. The topological polar surface area (TPSA) is 34.1 Å². The van der Waals surface area contributed by atoms with E-state index >= 15 is 0 Å². The Labute approximate surface area is 103 Å². The molecule has 17 heavy (non-hydrogen) atoms. The van der Waals surface area contributed by atoms with Gasteiger partial charge in [-0.05, 0) is 31.4 Å². The van der Waals surface area contributed by atoms with Gasteiger partial charge in [0, 0.05) is 12.0 Å². The summed E-state index contributed by atoms with van der Waals surface area (Å²) in [5.41, 5.74) is 2.77. The van der Waals surface area contributed by atoms with E-state index in [0.29, 0.717) is 12.0 Å². The zero-order chi connectivity index (χ0) is 12.8. The molecule has 2 nitrogen and oxygen atoms in total. The molecule has 0 aliphatic rings. The molecular weight excluding hydrogens is 212 g/mol. The van der Waals surface area contributed by atoms with Crippen molar-refractivity contribution in [2.45, 2.75) is 46.5 Å². The van der Waals surface area contributed by atoms with Crippen LogP contribution < -0.4 is 0 Å². The molecule has 0 amide bonds. The van der Waals surface area contributed by atoms with Crippen LogP contribution >= 0.6 is 0 Å². The van der Waals surface area contributed by atoms with E-state index in [0.717, 1.165) is 24.0 Å². The lowest BCUT2D eigenvalue weighted by molar-refractivity contribution is -0.118. The number of hydrogen-bond acceptors (Lipinski definition) is 2. The highest BCUT2D eigenvalue weighted by atomic mass is 16.1. The van der Waals surface area contributed by atoms with E-state index in [1.807, 2.05) is 32.9 Å². The van der Waals surface area contributed by atoms with Crippen molar-refractivity contribution in [1.29, 1.82) is 0 Å². The number of hydrogen-bond donors (Lipinski definition) is 0. The van der Waals surface area contributed by atoms with Gasteiger partial charge in [-0.15, -0.1) is 0 Å². The maximum Gasteiger partial charge on any atom is 0.170 e. The summed E-state index contributed by atoms with van der Waals surface area (Å²) < 4.78 is 0. The van der Waals surface area contributed by atoms with Crippen molar-refractivity contribution in [2.24, 2.45) is 0 Å². The summed E-state index contributed by atoms with van der Waals surface area (Å²) in [5.74, 6) is 0.00468. The van der Waals surface area contributed by atoms with Crippen LogP contribution in [0.25, 0.3) is 0 Å². The van der Waals surface area contributed by atoms with Crippen LogP contribution in [0.1, 0.15) is 54.1 Å². The van der Waals surface area contributed by atoms with Gasteiger partial charge < -0.3 is 0 Å². The van der Waals surface area contributed by atoms with Crippen LogP contribution in [0.2, 0.25) is 0 Å². The van der Waals surface area contributed by atoms with Crippen molar-refractivity contribution in [1.82, 2.24) is 0 Å². The van der Waals surface area contributed by atoms with Gasteiger partial charge in [0.2, 0.25) is 0 Å². The fraction of sp³-hybridized carbons (Fsp3) is 0.467. The normalized spacial score (nSPS) is 10.3. The molecule has 0 aromatic heterocycles. The van der Waals surface area contributed by atoms with Crippen molar-refractivity contribution >= 4 is 11.6 Å². The van der Waals surface area contributed by atoms with E-state index in [1.165, 1.54) is 0 Å². The fourth-order valence-corrected chi connectivity index (χ4v) is 1.79. The second-order valence-corrected chi connectivity index (χ2v) is 4.49. The van der Waals surface area contributed by atoms with Crippen molar-refractivity contribution in [2.75, 3.05) is 0 Å². The first-order chi connectivity index (χ1) is 8.06. The highest BCUT2D eigenvalue weighted by Gasteiger charge is 2.13. The molecule has 0 atom stereocenters. The molecule has 0 spiro atoms. The molecule has 0 radical (unpaired) electrons. The second kappa shape index (κ2) is 6.33. The summed E-state index contributed by atoms with van der Waals surface area (Å²) in [5, 5.41) is 0. The lowest BCUT2D eigenvalue weighted by atomic mass is 9.96. The molecule has 0 aliphatic carbocycles. The lowest BCUT2D eigenvalue weighted by Crippen LogP contribution is -2.09. The summed E-state index contributed by atoms with van der Waals surface area (Å²) in [6.45, 7) is 5.95. The van der Waals surface area contributed by atoms with Crippen LogP contribution in [-0.2, 0) is 4.79 Å². The van der Waals surface area contributed by atoms with Gasteiger partial charge in [-0.25, -0.2) is 0 Å². The Morgan fingerprint density at radius 1 is 1.18 bits per heavy atom. The van der Waals surface area contributed by atoms with Gasteiger partial charge in [0.25, 0.3) is 0 Å². The molecule has 0 fully saturated rings. The van der Waals surface area contributed by atoms with Crippen molar-refractivity contribution in [3.8, 4) is 0 Å². The average Bonchev–Trinajstić information content (AvgIpc) is 2.29. The van der Waals surface area contributed by atoms with Crippen LogP contribution in [-0.4, -0.2) is 11.6 Å². The third kappa shape index (κ3) is 3.81. The Morgan fingerprint density at radius 3 is 2.53 bits per heavy atom. The van der Waals surface area contributed by atoms with Crippen molar-refractivity contribution in [3.63, 3.8) is 0 Å². The van der Waals surface area contributed by atoms with Gasteiger partial charge in [0.1, 0.15) is 5.78 Å². The van der Waals surface area contributed by atoms with Gasteiger partial charge in [-0.3, -0.25) is 9.59 Å². The zero-order valence-corrected chi connectivity index (χ0v) is 10.9. The monoisotopic (exact) mass is 232 g/mol. The first-order valence-corrected chi connectivity index (χ1v) is 6.17. The van der Waals surface area contributed by atoms with E-state index in [1.54, 1.807) is 6.07 Å². The van der Waals surface area contributed by atoms with Gasteiger partial charge in [0.05, 0.1) is 6.42 Å². The molecule has 0 saturated carbocycles. The standard InChI is InChI=1S/C15H20O2/c1-4-5-8-13(16)10-15(17)14-9-6-7-11(2)12(14)3/h6-7,9H,4-5,8,10H2,1-3H3. The molecule has 0 saturated heterocycles. The molecule has 0 heterocycles. The first kappa shape index (κ1) is 13.6. The van der Waals surface area contributed by atoms with E-state index < -0.39 is 0 Å². The smallest absolute Gasteiger partial charge is 0.170 e. The minimum Gasteiger partial charge on any atom is -0.299 e. The number of Topliss-reactive ketones (excluding diaryl/α,β-unsaturated/α-hetero) is 2. The molecule has 92 valence electrons. The Morgan fingerprint density at radius 2 is 1.88 bits per heavy atom. The van der Waals surface area contributed by atoms with Gasteiger partial charge in [-0.2, -0.15) is 0 Å². The molecule has 0 bridgehead atoms. The number of benzene rings is 1. The third-order valence-corrected chi connectivity index (χ3v) is 3.07. The molecule has 1 aromatic carbocycles. The van der Waals surface area contributed by atoms with Crippen molar-refractivity contribution in [3.05, 3.63) is 34.9 Å². The molecular formula is C15H20O2. The SMILES string of the molecule is CCCCC(=O)CC(=O)c1cccc(C)c1C. The predicted molar refractivity (Wildman–Crippen MR) is 69.4 cm³/mol. The van der Waals surface area contributed by atoms with Crippen LogP contribution in [0.3, 0.4) is 0 Å². The van der Waals surface area contributed by atoms with Crippen molar-refractivity contribution < 1.29 is 9.59 Å². The fourth-order valence-electron chi connectivity index (χ4n) is 1.79. The molecule has 2 heteroatoms. The van der Waals surface area contributed by atoms with Crippen LogP contribution in [0, 0.1) is 13.8 Å². The maximum atomic E-state index is 12.0. The number of ketones is 2. The highest BCUT2D eigenvalue weighted by molar-refractivity contribution is 6.08. The quantitative estimate of drug-likeness (QED) is 0.554. The molecule has 1 rings (SSSR count). The molecule has 1 aromatic rings. The minimum absolute atomic E-state index is 0.0459. The van der Waals surface area contributed by atoms with Gasteiger partial charge in [0.15, 0.2) is 5.78 Å². The average molecular weight is 232 g/mol. The van der Waals surface area contributed by atoms with Gasteiger partial charge >= 0.3 is 0 Å². The summed E-state index contributed by atoms with van der Waals surface area (Å²) in [6.07, 6.45) is 2.43. The number of aryl methyl sites for hydroxylation is 1. The molecule has 0 aliphatic heterocycles. The summed E-state index contributed by atoms with van der Waals surface area (Å²) in [6, 6.07) is 5.65. The Bertz CT molecular complexity index is 419. The van der Waals surface area contributed by atoms with Gasteiger partial charge in [-0.1, -0.05) is 31.5 Å². The van der Waals surface area contributed by atoms with E-state index in [9.17, 15) is 9.59 Å².